The normalized spacial score (nSPS) is 15.8. The number of thiophene rings is 1. The fraction of sp³-hybridized carbons (Fsp3) is 0.357. The molecule has 3 aromatic rings. The molecule has 130 valence electrons. The van der Waals surface area contributed by atoms with E-state index in [9.17, 15) is 14.7 Å². The number of anilines is 1. The smallest absolute Gasteiger partial charge is 0.337 e. The molecule has 3 aromatic heterocycles. The molecule has 0 bridgehead atoms. The van der Waals surface area contributed by atoms with E-state index in [0.29, 0.717) is 11.0 Å². The van der Waals surface area contributed by atoms with Crippen LogP contribution in [0.2, 0.25) is 0 Å². The van der Waals surface area contributed by atoms with Crippen LogP contribution in [0, 0.1) is 10.1 Å². The van der Waals surface area contributed by atoms with Gasteiger partial charge in [0, 0.05) is 35.0 Å². The van der Waals surface area contributed by atoms with Crippen molar-refractivity contribution in [3.05, 3.63) is 32.9 Å². The first kappa shape index (κ1) is 16.2. The second kappa shape index (κ2) is 6.58. The van der Waals surface area contributed by atoms with Crippen LogP contribution in [0.1, 0.15) is 18.5 Å². The number of hydrogen-bond donors (Lipinski definition) is 1. The number of H-pyrrole nitrogens is 1. The van der Waals surface area contributed by atoms with E-state index in [-0.39, 0.29) is 17.1 Å². The summed E-state index contributed by atoms with van der Waals surface area (Å²) >= 11 is -0.0591. The minimum absolute atomic E-state index is 0.0841. The number of nitro groups is 1. The molecular weight excluding hydrogens is 364 g/mol. The summed E-state index contributed by atoms with van der Waals surface area (Å²) in [6.07, 6.45) is 3.25. The van der Waals surface area contributed by atoms with Crippen LogP contribution in [0.3, 0.4) is 0 Å². The Bertz CT molecular complexity index is 892. The molecule has 0 aromatic carbocycles. The van der Waals surface area contributed by atoms with Gasteiger partial charge in [0.05, 0.1) is 10.4 Å². The summed E-state index contributed by atoms with van der Waals surface area (Å²) in [5.74, 6) is 0.226. The number of hydrogen-bond acceptors (Lipinski definition) is 8. The second-order valence-electron chi connectivity index (χ2n) is 5.65. The lowest BCUT2D eigenvalue weighted by Crippen LogP contribution is -2.22. The topological polar surface area (TPSA) is 124 Å². The molecular formula is C14H14N6O3S2. The Morgan fingerprint density at radius 3 is 2.84 bits per heavy atom. The van der Waals surface area contributed by atoms with E-state index in [4.69, 9.17) is 0 Å². The van der Waals surface area contributed by atoms with Crippen molar-refractivity contribution >= 4 is 45.1 Å². The molecule has 1 saturated heterocycles. The molecule has 0 saturated carbocycles. The molecule has 4 rings (SSSR count). The Kier molecular flexibility index (Phi) is 4.27. The molecule has 0 radical (unpaired) electrons. The molecule has 0 aliphatic carbocycles. The van der Waals surface area contributed by atoms with Crippen LogP contribution in [0.4, 0.5) is 11.5 Å². The quantitative estimate of drug-likeness (QED) is 0.410. The maximum Gasteiger partial charge on any atom is 0.337 e. The van der Waals surface area contributed by atoms with Crippen molar-refractivity contribution in [2.75, 3.05) is 18.0 Å². The van der Waals surface area contributed by atoms with Crippen molar-refractivity contribution in [2.45, 2.75) is 23.8 Å². The van der Waals surface area contributed by atoms with Gasteiger partial charge in [0.15, 0.2) is 11.4 Å². The largest absolute Gasteiger partial charge is 0.609 e. The summed E-state index contributed by atoms with van der Waals surface area (Å²) in [6.45, 7) is 1.46. The summed E-state index contributed by atoms with van der Waals surface area (Å²) in [5, 5.41) is 15.6. The van der Waals surface area contributed by atoms with Crippen molar-refractivity contribution in [1.29, 1.82) is 0 Å². The third-order valence-electron chi connectivity index (χ3n) is 4.06. The van der Waals surface area contributed by atoms with Gasteiger partial charge in [0.25, 0.3) is 0 Å². The highest BCUT2D eigenvalue weighted by Crippen LogP contribution is 2.32. The molecule has 1 atom stereocenters. The molecule has 4 heterocycles. The number of aromatic nitrogens is 4. The van der Waals surface area contributed by atoms with Gasteiger partial charge in [-0.25, -0.2) is 9.97 Å². The predicted molar refractivity (Wildman–Crippen MR) is 94.2 cm³/mol. The maximum atomic E-state index is 12.6. The van der Waals surface area contributed by atoms with Crippen LogP contribution in [0.25, 0.3) is 11.0 Å². The summed E-state index contributed by atoms with van der Waals surface area (Å²) < 4.78 is 12.6. The molecule has 0 spiro atoms. The number of nitrogens with one attached hydrogen (secondary N) is 1. The Balaban J connectivity index is 1.65. The first-order valence-corrected chi connectivity index (χ1v) is 9.93. The molecule has 1 aliphatic rings. The third-order valence-corrected chi connectivity index (χ3v) is 5.95. The van der Waals surface area contributed by atoms with E-state index in [2.05, 4.69) is 19.9 Å². The lowest BCUT2D eigenvalue weighted by molar-refractivity contribution is -0.385. The fourth-order valence-corrected chi connectivity index (χ4v) is 4.59. The van der Waals surface area contributed by atoms with Crippen molar-refractivity contribution in [2.24, 2.45) is 0 Å². The summed E-state index contributed by atoms with van der Waals surface area (Å²) in [6, 6.07) is 0. The van der Waals surface area contributed by atoms with Gasteiger partial charge in [-0.1, -0.05) is 0 Å². The molecule has 1 unspecified atom stereocenters. The Morgan fingerprint density at radius 1 is 1.32 bits per heavy atom. The lowest BCUT2D eigenvalue weighted by Gasteiger charge is -2.16. The van der Waals surface area contributed by atoms with E-state index in [1.54, 1.807) is 0 Å². The van der Waals surface area contributed by atoms with Gasteiger partial charge >= 0.3 is 10.8 Å². The number of imidazole rings is 1. The number of nitrogens with zero attached hydrogens (tertiary/aromatic N) is 5. The molecule has 1 fully saturated rings. The summed E-state index contributed by atoms with van der Waals surface area (Å²) in [5.41, 5.74) is 1.55. The number of rotatable bonds is 5. The molecule has 1 N–H and O–H groups in total. The predicted octanol–water partition coefficient (Wildman–Crippen LogP) is 2.23. The Morgan fingerprint density at radius 2 is 2.12 bits per heavy atom. The average Bonchev–Trinajstić information content (AvgIpc) is 3.31. The van der Waals surface area contributed by atoms with Crippen LogP contribution >= 0.6 is 11.3 Å². The molecule has 25 heavy (non-hydrogen) atoms. The maximum absolute atomic E-state index is 12.6. The van der Waals surface area contributed by atoms with Gasteiger partial charge in [-0.3, -0.25) is 15.1 Å². The highest BCUT2D eigenvalue weighted by molar-refractivity contribution is 7.90. The van der Waals surface area contributed by atoms with E-state index < -0.39 is 16.1 Å². The molecule has 1 aliphatic heterocycles. The van der Waals surface area contributed by atoms with Gasteiger partial charge in [-0.2, -0.15) is 4.98 Å². The van der Waals surface area contributed by atoms with Gasteiger partial charge in [0.2, 0.25) is 5.82 Å². The lowest BCUT2D eigenvalue weighted by atomic mass is 10.3. The average molecular weight is 378 g/mol. The van der Waals surface area contributed by atoms with Crippen molar-refractivity contribution in [3.8, 4) is 0 Å². The van der Waals surface area contributed by atoms with Crippen LogP contribution in [0.15, 0.2) is 22.2 Å². The highest BCUT2D eigenvalue weighted by Gasteiger charge is 2.31. The van der Waals surface area contributed by atoms with Gasteiger partial charge in [-0.15, -0.1) is 11.3 Å². The monoisotopic (exact) mass is 378 g/mol. The van der Waals surface area contributed by atoms with E-state index in [1.807, 2.05) is 15.7 Å². The molecule has 9 nitrogen and oxygen atoms in total. The van der Waals surface area contributed by atoms with Crippen molar-refractivity contribution in [3.63, 3.8) is 0 Å². The van der Waals surface area contributed by atoms with Crippen molar-refractivity contribution in [1.82, 2.24) is 19.9 Å². The van der Waals surface area contributed by atoms with Crippen LogP contribution in [-0.2, 0) is 16.9 Å². The standard InChI is InChI=1S/C14H14N6O3S2/c21-20(22)12-11(15-8-16-13(12)19-3-1-2-4-19)7-25(23)14-17-9-5-24-6-10(9)18-14/h5-6,8H,1-4,7H2,(H,17,18). The molecule has 0 amide bonds. The van der Waals surface area contributed by atoms with E-state index in [1.165, 1.54) is 17.7 Å². The molecule has 11 heteroatoms. The SMILES string of the molecule is O=[N+]([O-])c1c(C[S+]([O-])c2nc3cscc3[nH]2)ncnc1N1CCCC1. The van der Waals surface area contributed by atoms with Crippen LogP contribution in [0.5, 0.6) is 0 Å². The van der Waals surface area contributed by atoms with E-state index >= 15 is 0 Å². The fourth-order valence-electron chi connectivity index (χ4n) is 2.88. The van der Waals surface area contributed by atoms with Gasteiger partial charge in [-0.05, 0) is 12.8 Å². The summed E-state index contributed by atoms with van der Waals surface area (Å²) in [4.78, 5) is 28.4. The number of aromatic amines is 1. The minimum Gasteiger partial charge on any atom is -0.609 e. The van der Waals surface area contributed by atoms with E-state index in [0.717, 1.165) is 37.0 Å². The summed E-state index contributed by atoms with van der Waals surface area (Å²) in [7, 11) is 0. The first-order valence-electron chi connectivity index (χ1n) is 7.67. The van der Waals surface area contributed by atoms with Gasteiger partial charge in [0.1, 0.15) is 11.8 Å². The Hall–Kier alpha value is -2.24. The van der Waals surface area contributed by atoms with Gasteiger partial charge < -0.3 is 9.45 Å². The Labute approximate surface area is 149 Å². The zero-order valence-corrected chi connectivity index (χ0v) is 14.7. The first-order chi connectivity index (χ1) is 12.1. The van der Waals surface area contributed by atoms with Crippen molar-refractivity contribution < 1.29 is 9.48 Å². The van der Waals surface area contributed by atoms with Crippen LogP contribution < -0.4 is 4.90 Å². The second-order valence-corrected chi connectivity index (χ2v) is 7.76. The van der Waals surface area contributed by atoms with Crippen LogP contribution in [-0.4, -0.2) is 42.5 Å². The zero-order valence-electron chi connectivity index (χ0n) is 13.0. The highest BCUT2D eigenvalue weighted by atomic mass is 32.2. The minimum atomic E-state index is -1.56. The third kappa shape index (κ3) is 3.05. The zero-order chi connectivity index (χ0) is 17.4. The number of fused-ring (bicyclic) bond motifs is 1.